The second kappa shape index (κ2) is 5.52. The van der Waals surface area contributed by atoms with Crippen molar-refractivity contribution in [1.29, 1.82) is 0 Å². The standard InChI is InChI=1S/C16H11N3O3S2/c20-24(21,22)14-7-5-12(6-8-14)11-1-3-13(4-2-11)15-9-23-16-17-10-18-19(15)16/h1-10H,(H,20,21,22). The molecule has 0 unspecified atom stereocenters. The van der Waals surface area contributed by atoms with E-state index >= 15 is 0 Å². The molecule has 0 radical (unpaired) electrons. The van der Waals surface area contributed by atoms with E-state index in [9.17, 15) is 8.42 Å². The second-order valence-corrected chi connectivity index (χ2v) is 7.41. The predicted octanol–water partition coefficient (Wildman–Crippen LogP) is 3.37. The van der Waals surface area contributed by atoms with Crippen LogP contribution in [0.25, 0.3) is 27.3 Å². The van der Waals surface area contributed by atoms with Gasteiger partial charge in [0.05, 0.1) is 10.6 Å². The monoisotopic (exact) mass is 357 g/mol. The number of fused-ring (bicyclic) bond motifs is 1. The lowest BCUT2D eigenvalue weighted by Gasteiger charge is -2.05. The molecule has 4 rings (SSSR count). The molecule has 0 aliphatic rings. The van der Waals surface area contributed by atoms with Gasteiger partial charge >= 0.3 is 0 Å². The summed E-state index contributed by atoms with van der Waals surface area (Å²) in [6.45, 7) is 0. The van der Waals surface area contributed by atoms with Gasteiger partial charge in [0.15, 0.2) is 0 Å². The molecule has 6 nitrogen and oxygen atoms in total. The van der Waals surface area contributed by atoms with E-state index in [1.165, 1.54) is 29.8 Å². The first-order valence-corrected chi connectivity index (χ1v) is 9.30. The van der Waals surface area contributed by atoms with Crippen LogP contribution in [-0.2, 0) is 10.1 Å². The fraction of sp³-hybridized carbons (Fsp3) is 0. The highest BCUT2D eigenvalue weighted by molar-refractivity contribution is 7.85. The van der Waals surface area contributed by atoms with Crippen LogP contribution in [-0.4, -0.2) is 27.6 Å². The predicted molar refractivity (Wildman–Crippen MR) is 91.6 cm³/mol. The van der Waals surface area contributed by atoms with E-state index in [1.807, 2.05) is 29.6 Å². The molecule has 120 valence electrons. The van der Waals surface area contributed by atoms with Crippen LogP contribution in [0.2, 0.25) is 0 Å². The molecule has 8 heteroatoms. The van der Waals surface area contributed by atoms with Crippen molar-refractivity contribution in [2.45, 2.75) is 4.90 Å². The highest BCUT2D eigenvalue weighted by Gasteiger charge is 2.10. The van der Waals surface area contributed by atoms with Crippen molar-refractivity contribution in [2.75, 3.05) is 0 Å². The second-order valence-electron chi connectivity index (χ2n) is 5.15. The van der Waals surface area contributed by atoms with Crippen LogP contribution >= 0.6 is 11.3 Å². The summed E-state index contributed by atoms with van der Waals surface area (Å²) < 4.78 is 33.0. The highest BCUT2D eigenvalue weighted by Crippen LogP contribution is 2.28. The Morgan fingerprint density at radius 1 is 0.917 bits per heavy atom. The first-order valence-electron chi connectivity index (χ1n) is 6.98. The van der Waals surface area contributed by atoms with Crippen molar-refractivity contribution in [3.8, 4) is 22.4 Å². The van der Waals surface area contributed by atoms with Crippen LogP contribution in [0.1, 0.15) is 0 Å². The lowest BCUT2D eigenvalue weighted by molar-refractivity contribution is 0.483. The van der Waals surface area contributed by atoms with Gasteiger partial charge < -0.3 is 0 Å². The minimum Gasteiger partial charge on any atom is -0.282 e. The van der Waals surface area contributed by atoms with Gasteiger partial charge in [-0.3, -0.25) is 4.55 Å². The van der Waals surface area contributed by atoms with Gasteiger partial charge in [0, 0.05) is 10.9 Å². The number of benzene rings is 2. The Morgan fingerprint density at radius 3 is 2.12 bits per heavy atom. The number of nitrogens with zero attached hydrogens (tertiary/aromatic N) is 3. The molecular weight excluding hydrogens is 346 g/mol. The van der Waals surface area contributed by atoms with Gasteiger partial charge in [-0.1, -0.05) is 36.4 Å². The van der Waals surface area contributed by atoms with Crippen molar-refractivity contribution >= 4 is 26.4 Å². The van der Waals surface area contributed by atoms with Crippen molar-refractivity contribution in [2.24, 2.45) is 0 Å². The van der Waals surface area contributed by atoms with Crippen molar-refractivity contribution in [1.82, 2.24) is 14.6 Å². The zero-order valence-electron chi connectivity index (χ0n) is 12.2. The van der Waals surface area contributed by atoms with E-state index < -0.39 is 10.1 Å². The Hall–Kier alpha value is -2.55. The Bertz CT molecular complexity index is 1110. The van der Waals surface area contributed by atoms with Crippen LogP contribution in [0, 0.1) is 0 Å². The summed E-state index contributed by atoms with van der Waals surface area (Å²) in [5, 5.41) is 6.21. The SMILES string of the molecule is O=S(=O)(O)c1ccc(-c2ccc(-c3csc4ncnn34)cc2)cc1. The van der Waals surface area contributed by atoms with Crippen LogP contribution in [0.4, 0.5) is 0 Å². The van der Waals surface area contributed by atoms with Crippen LogP contribution in [0.5, 0.6) is 0 Å². The summed E-state index contributed by atoms with van der Waals surface area (Å²) in [5.41, 5.74) is 3.81. The summed E-state index contributed by atoms with van der Waals surface area (Å²) in [7, 11) is -4.17. The van der Waals surface area contributed by atoms with E-state index in [1.54, 1.807) is 16.6 Å². The average Bonchev–Trinajstić information content (AvgIpc) is 3.18. The first-order chi connectivity index (χ1) is 11.5. The number of aromatic nitrogens is 3. The Labute approximate surface area is 141 Å². The zero-order valence-corrected chi connectivity index (χ0v) is 13.8. The van der Waals surface area contributed by atoms with Gasteiger partial charge in [-0.2, -0.15) is 13.5 Å². The van der Waals surface area contributed by atoms with Crippen molar-refractivity contribution in [3.05, 3.63) is 60.2 Å². The lowest BCUT2D eigenvalue weighted by Crippen LogP contribution is -1.97. The van der Waals surface area contributed by atoms with Gasteiger partial charge in [-0.25, -0.2) is 9.50 Å². The fourth-order valence-electron chi connectivity index (χ4n) is 2.48. The summed E-state index contributed by atoms with van der Waals surface area (Å²) in [6.07, 6.45) is 1.53. The molecule has 0 saturated carbocycles. The molecule has 4 aromatic rings. The Kier molecular flexibility index (Phi) is 3.45. The van der Waals surface area contributed by atoms with Gasteiger partial charge in [-0.15, -0.1) is 11.3 Å². The topological polar surface area (TPSA) is 84.6 Å². The number of rotatable bonds is 3. The molecule has 24 heavy (non-hydrogen) atoms. The molecule has 2 aromatic heterocycles. The molecule has 2 aromatic carbocycles. The molecule has 0 atom stereocenters. The van der Waals surface area contributed by atoms with Crippen LogP contribution in [0.3, 0.4) is 0 Å². The molecule has 0 bridgehead atoms. The summed E-state index contributed by atoms with van der Waals surface area (Å²) >= 11 is 1.53. The Morgan fingerprint density at radius 2 is 1.50 bits per heavy atom. The normalized spacial score (nSPS) is 11.9. The lowest BCUT2D eigenvalue weighted by atomic mass is 10.0. The van der Waals surface area contributed by atoms with E-state index in [-0.39, 0.29) is 4.90 Å². The van der Waals surface area contributed by atoms with E-state index in [0.717, 1.165) is 27.3 Å². The van der Waals surface area contributed by atoms with E-state index in [4.69, 9.17) is 4.55 Å². The maximum Gasteiger partial charge on any atom is 0.294 e. The summed E-state index contributed by atoms with van der Waals surface area (Å²) in [6, 6.07) is 14.0. The van der Waals surface area contributed by atoms with E-state index in [2.05, 4.69) is 10.1 Å². The largest absolute Gasteiger partial charge is 0.294 e. The highest BCUT2D eigenvalue weighted by atomic mass is 32.2. The smallest absolute Gasteiger partial charge is 0.282 e. The van der Waals surface area contributed by atoms with Crippen molar-refractivity contribution < 1.29 is 13.0 Å². The third-order valence-corrected chi connectivity index (χ3v) is 5.38. The molecule has 2 heterocycles. The first kappa shape index (κ1) is 15.0. The molecular formula is C16H11N3O3S2. The minimum absolute atomic E-state index is 0.116. The Balaban J connectivity index is 1.68. The molecule has 0 amide bonds. The molecule has 0 saturated heterocycles. The maximum absolute atomic E-state index is 11.1. The van der Waals surface area contributed by atoms with Gasteiger partial charge in [0.25, 0.3) is 10.1 Å². The van der Waals surface area contributed by atoms with Gasteiger partial charge in [0.2, 0.25) is 4.96 Å². The average molecular weight is 357 g/mol. The third-order valence-electron chi connectivity index (χ3n) is 3.69. The van der Waals surface area contributed by atoms with Crippen LogP contribution in [0.15, 0.2) is 65.1 Å². The summed E-state index contributed by atoms with van der Waals surface area (Å²) in [5.74, 6) is 0. The van der Waals surface area contributed by atoms with Crippen molar-refractivity contribution in [3.63, 3.8) is 0 Å². The molecule has 0 aliphatic carbocycles. The van der Waals surface area contributed by atoms with Gasteiger partial charge in [-0.05, 0) is 23.3 Å². The third kappa shape index (κ3) is 2.60. The fourth-order valence-corrected chi connectivity index (χ4v) is 3.76. The van der Waals surface area contributed by atoms with E-state index in [0.29, 0.717) is 0 Å². The zero-order chi connectivity index (χ0) is 16.7. The quantitative estimate of drug-likeness (QED) is 0.568. The molecule has 0 spiro atoms. The minimum atomic E-state index is -4.17. The number of thiazole rings is 1. The number of hydrogen-bond donors (Lipinski definition) is 1. The van der Waals surface area contributed by atoms with Gasteiger partial charge in [0.1, 0.15) is 6.33 Å². The van der Waals surface area contributed by atoms with Crippen LogP contribution < -0.4 is 0 Å². The molecule has 1 N–H and O–H groups in total. The maximum atomic E-state index is 11.1. The number of hydrogen-bond acceptors (Lipinski definition) is 5. The molecule has 0 fully saturated rings. The molecule has 0 aliphatic heterocycles. The summed E-state index contributed by atoms with van der Waals surface area (Å²) in [4.78, 5) is 4.89.